The number of nitrogens with zero attached hydrogens (tertiary/aromatic N) is 4. The fourth-order valence-electron chi connectivity index (χ4n) is 10.5. The van der Waals surface area contributed by atoms with Gasteiger partial charge in [-0.05, 0) is 60.3 Å². The molecular formula is C65H85BN10O12P2S. The molecule has 0 spiro atoms. The van der Waals surface area contributed by atoms with E-state index in [-0.39, 0.29) is 87.2 Å². The van der Waals surface area contributed by atoms with E-state index >= 15 is 0 Å². The highest BCUT2D eigenvalue weighted by atomic mass is 32.2. The number of unbranched alkanes of at least 4 members (excludes halogenated alkanes) is 6. The fourth-order valence-corrected chi connectivity index (χ4v) is 12.3. The van der Waals surface area contributed by atoms with Crippen LogP contribution in [0.2, 0.25) is 0 Å². The number of nitrogens with two attached hydrogens (primary N) is 3. The molecule has 0 saturated carbocycles. The number of nitrogens with one attached hydrogen (secondary N) is 3. The number of anilines is 2. The number of likely N-dealkylation sites (tertiary alicyclic amines) is 1. The fraction of sp³-hybridized carbons (Fsp3) is 0.385. The van der Waals surface area contributed by atoms with E-state index in [1.165, 1.54) is 11.8 Å². The van der Waals surface area contributed by atoms with Gasteiger partial charge < -0.3 is 70.8 Å². The van der Waals surface area contributed by atoms with Gasteiger partial charge >= 0.3 is 17.2 Å². The van der Waals surface area contributed by atoms with Gasteiger partial charge in [-0.15, -0.1) is 11.8 Å². The zero-order chi connectivity index (χ0) is 65.7. The van der Waals surface area contributed by atoms with E-state index in [4.69, 9.17) is 53.9 Å². The summed E-state index contributed by atoms with van der Waals surface area (Å²) in [5.41, 5.74) is 22.7. The Morgan fingerprint density at radius 1 is 0.604 bits per heavy atom. The number of fused-ring (bicyclic) bond motifs is 4. The van der Waals surface area contributed by atoms with Crippen LogP contribution in [0.1, 0.15) is 136 Å². The van der Waals surface area contributed by atoms with Crippen LogP contribution in [-0.2, 0) is 57.4 Å². The van der Waals surface area contributed by atoms with Gasteiger partial charge in [0.2, 0.25) is 35.4 Å². The standard InChI is InChI=1S/C38H46N5O7PS.C25H33BN5O5P.C2H6/c39-36-30-16-8-9-17-31(30)43(26-28-14-6-7-15-29(28)37(36)41-25-27-12-4-3-5-13-27)34(45)18-20-40-33(44)19-21-42-35(46)24-32(38(42)47)52-23-11-2-1-10-22-50-51(48)49;26-31(28)25-19-10-4-3-9-18(19)17-30(21-12-6-5-11-20(21)24(25)27)23(33)14-13-22(32)29-15-7-1-2-8-16-36-37(34)35;1-2/h3-9,12-17,32,41,48-49H,1-2,10-11,18-26,39H2,(H,40,44);3-6,9-12,34-35H,1-2,7-8,13-17,27-28H2,(H,29,32);1-2H3/b37-36-;25-24-;. The van der Waals surface area contributed by atoms with Gasteiger partial charge in [-0.2, -0.15) is 0 Å². The van der Waals surface area contributed by atoms with Crippen molar-refractivity contribution in [1.29, 1.82) is 0 Å². The van der Waals surface area contributed by atoms with Crippen LogP contribution in [0.25, 0.3) is 22.8 Å². The molecule has 3 aliphatic heterocycles. The molecule has 1 fully saturated rings. The zero-order valence-corrected chi connectivity index (χ0v) is 54.3. The first-order valence-electron chi connectivity index (χ1n) is 30.7. The third-order valence-electron chi connectivity index (χ3n) is 15.0. The molecule has 3 heterocycles. The van der Waals surface area contributed by atoms with Gasteiger partial charge in [-0.25, -0.2) is 0 Å². The monoisotopic (exact) mass is 1300 g/mol. The largest absolute Gasteiger partial charge is 0.396 e. The smallest absolute Gasteiger partial charge is 0.327 e. The van der Waals surface area contributed by atoms with Crippen LogP contribution in [0.4, 0.5) is 11.4 Å². The molecule has 2 radical (unpaired) electrons. The second-order valence-corrected chi connectivity index (χ2v) is 24.1. The van der Waals surface area contributed by atoms with Crippen LogP contribution >= 0.6 is 29.0 Å². The maximum absolute atomic E-state index is 13.8. The normalized spacial score (nSPS) is 15.9. The van der Waals surface area contributed by atoms with Crippen molar-refractivity contribution in [2.24, 2.45) is 17.3 Å². The maximum atomic E-state index is 13.8. The van der Waals surface area contributed by atoms with Gasteiger partial charge in [-0.3, -0.25) is 39.5 Å². The minimum Gasteiger partial charge on any atom is -0.396 e. The molecule has 13 N–H and O–H groups in total. The number of hydrogen-bond acceptors (Lipinski definition) is 18. The number of hydrogen-bond donors (Lipinski definition) is 10. The number of rotatable bonds is 30. The zero-order valence-electron chi connectivity index (χ0n) is 51.7. The molecule has 0 aliphatic carbocycles. The lowest BCUT2D eigenvalue weighted by molar-refractivity contribution is -0.138. The topological polar surface area (TPSA) is 329 Å². The average molecular weight is 1300 g/mol. The van der Waals surface area contributed by atoms with Crippen molar-refractivity contribution in [1.82, 2.24) is 25.8 Å². The van der Waals surface area contributed by atoms with Crippen molar-refractivity contribution in [3.8, 4) is 0 Å². The molecule has 22 nitrogen and oxygen atoms in total. The quantitative estimate of drug-likeness (QED) is 0.00521. The number of amides is 6. The summed E-state index contributed by atoms with van der Waals surface area (Å²) in [5, 5.41) is 8.74. The van der Waals surface area contributed by atoms with Gasteiger partial charge in [0.25, 0.3) is 7.98 Å². The number of thioether (sulfide) groups is 1. The lowest BCUT2D eigenvalue weighted by Crippen LogP contribution is -2.38. The Bertz CT molecular complexity index is 3270. The number of carbonyl (C=O) groups excluding carboxylic acids is 6. The summed E-state index contributed by atoms with van der Waals surface area (Å²) in [7, 11) is 1.33. The molecule has 3 aliphatic rings. The summed E-state index contributed by atoms with van der Waals surface area (Å²) < 4.78 is 9.46. The van der Waals surface area contributed by atoms with E-state index in [1.54, 1.807) is 9.80 Å². The number of carbonyl (C=O) groups is 6. The molecule has 5 aromatic carbocycles. The van der Waals surface area contributed by atoms with E-state index in [9.17, 15) is 28.8 Å². The van der Waals surface area contributed by atoms with Crippen molar-refractivity contribution >= 4 is 107 Å². The van der Waals surface area contributed by atoms with Crippen LogP contribution in [0.15, 0.2) is 127 Å². The minimum atomic E-state index is -2.31. The molecule has 1 saturated heterocycles. The van der Waals surface area contributed by atoms with Gasteiger partial charge in [0.15, 0.2) is 0 Å². The molecule has 8 rings (SSSR count). The Morgan fingerprint density at radius 3 is 1.70 bits per heavy atom. The van der Waals surface area contributed by atoms with Crippen LogP contribution in [0.5, 0.6) is 0 Å². The number of benzene rings is 5. The summed E-state index contributed by atoms with van der Waals surface area (Å²) in [4.78, 5) is 118. The van der Waals surface area contributed by atoms with Crippen LogP contribution in [0.3, 0.4) is 0 Å². The molecule has 1 atom stereocenters. The third-order valence-corrected chi connectivity index (χ3v) is 17.2. The summed E-state index contributed by atoms with van der Waals surface area (Å²) in [6.45, 7) is 6.37. The molecular weight excluding hydrogens is 1220 g/mol. The first-order valence-corrected chi connectivity index (χ1v) is 34.0. The van der Waals surface area contributed by atoms with E-state index in [2.05, 4.69) is 16.0 Å². The van der Waals surface area contributed by atoms with Crippen molar-refractivity contribution in [2.45, 2.75) is 122 Å². The van der Waals surface area contributed by atoms with Crippen molar-refractivity contribution in [3.05, 3.63) is 166 Å². The predicted molar refractivity (Wildman–Crippen MR) is 360 cm³/mol. The molecule has 1 unspecified atom stereocenters. The molecule has 26 heteroatoms. The summed E-state index contributed by atoms with van der Waals surface area (Å²) in [6, 6.07) is 40.2. The van der Waals surface area contributed by atoms with E-state index in [0.29, 0.717) is 66.9 Å². The second kappa shape index (κ2) is 38.6. The van der Waals surface area contributed by atoms with Crippen molar-refractivity contribution in [3.63, 3.8) is 0 Å². The van der Waals surface area contributed by atoms with Gasteiger partial charge in [-0.1, -0.05) is 155 Å². The molecule has 5 aromatic rings. The summed E-state index contributed by atoms with van der Waals surface area (Å²) in [5.74, 6) is 5.20. The molecule has 0 bridgehead atoms. The Balaban J connectivity index is 0.000000298. The van der Waals surface area contributed by atoms with Gasteiger partial charge in [0.05, 0.1) is 65.7 Å². The third kappa shape index (κ3) is 22.3. The van der Waals surface area contributed by atoms with Gasteiger partial charge in [0.1, 0.15) is 0 Å². The van der Waals surface area contributed by atoms with E-state index < -0.39 is 22.5 Å². The van der Waals surface area contributed by atoms with Gasteiger partial charge in [0, 0.05) is 80.5 Å². The lowest BCUT2D eigenvalue weighted by atomic mass is 9.94. The molecule has 6 amide bonds. The minimum absolute atomic E-state index is 0.00466. The number of hydrazine groups is 1. The highest BCUT2D eigenvalue weighted by molar-refractivity contribution is 8.00. The first-order chi connectivity index (χ1) is 44.0. The Labute approximate surface area is 541 Å². The van der Waals surface area contributed by atoms with E-state index in [0.717, 1.165) is 106 Å². The van der Waals surface area contributed by atoms with Crippen LogP contribution in [-0.4, -0.2) is 117 Å². The Kier molecular flexibility index (Phi) is 30.9. The van der Waals surface area contributed by atoms with Crippen LogP contribution < -0.4 is 43.1 Å². The van der Waals surface area contributed by atoms with Crippen molar-refractivity contribution < 1.29 is 57.4 Å². The Morgan fingerprint density at radius 2 is 1.10 bits per heavy atom. The van der Waals surface area contributed by atoms with E-state index in [1.807, 2.05) is 141 Å². The van der Waals surface area contributed by atoms with Crippen LogP contribution in [0, 0.1) is 0 Å². The SMILES string of the molecule is CC.N/C1=C(\NCc2ccccc2)c2ccccc2CN(C(=O)CCNC(=O)CCN2C(=O)CC(SCCCCCCOP(O)O)C2=O)c2ccccc21.[B]N(N)/C1=C(\N)c2ccccc2N(C(=O)CCC(=O)NCCCCCCOP(O)O)Cc2ccccc21. The van der Waals surface area contributed by atoms with Crippen molar-refractivity contribution in [2.75, 3.05) is 48.4 Å². The second-order valence-electron chi connectivity index (χ2n) is 21.3. The number of imide groups is 1. The predicted octanol–water partition coefficient (Wildman–Crippen LogP) is 7.94. The molecule has 0 aromatic heterocycles. The average Bonchev–Trinajstić information content (AvgIpc) is 1.59. The Hall–Kier alpha value is -7.21. The lowest BCUT2D eigenvalue weighted by Gasteiger charge is -2.32. The number of para-hydroxylation sites is 2. The highest BCUT2D eigenvalue weighted by Crippen LogP contribution is 2.38. The first kappa shape index (κ1) is 72.9. The molecule has 91 heavy (non-hydrogen) atoms. The maximum Gasteiger partial charge on any atom is 0.327 e. The summed E-state index contributed by atoms with van der Waals surface area (Å²) in [6.07, 6.45) is 6.83. The highest BCUT2D eigenvalue weighted by Gasteiger charge is 2.39. The summed E-state index contributed by atoms with van der Waals surface area (Å²) >= 11 is 1.45. The molecule has 486 valence electrons.